The van der Waals surface area contributed by atoms with Crippen molar-refractivity contribution in [2.45, 2.75) is 33.4 Å². The van der Waals surface area contributed by atoms with Crippen LogP contribution in [0.25, 0.3) is 5.69 Å². The van der Waals surface area contributed by atoms with Gasteiger partial charge in [-0.05, 0) is 35.5 Å². The molecule has 6 nitrogen and oxygen atoms in total. The van der Waals surface area contributed by atoms with Gasteiger partial charge >= 0.3 is 0 Å². The van der Waals surface area contributed by atoms with Crippen molar-refractivity contribution in [2.24, 2.45) is 5.41 Å². The average Bonchev–Trinajstić information content (AvgIpc) is 3.16. The topological polar surface area (TPSA) is 59.7 Å². The molecule has 0 saturated heterocycles. The minimum absolute atomic E-state index is 0.175. The van der Waals surface area contributed by atoms with Gasteiger partial charge in [0.25, 0.3) is 0 Å². The molecule has 0 spiro atoms. The molecule has 124 valence electrons. The molecule has 7 heteroatoms. The summed E-state index contributed by atoms with van der Waals surface area (Å²) in [6.45, 7) is 7.48. The normalized spacial score (nSPS) is 17.4. The molecule has 1 aliphatic rings. The van der Waals surface area contributed by atoms with Crippen LogP contribution in [0.1, 0.15) is 30.0 Å². The van der Waals surface area contributed by atoms with Crippen LogP contribution >= 0.6 is 11.5 Å². The third kappa shape index (κ3) is 3.09. The smallest absolute Gasteiger partial charge is 0.0679 e. The first-order valence-corrected chi connectivity index (χ1v) is 8.83. The molecule has 3 aromatic heterocycles. The Balaban J connectivity index is 1.68. The molecular weight excluding hydrogens is 320 g/mol. The molecule has 0 radical (unpaired) electrons. The van der Waals surface area contributed by atoms with Gasteiger partial charge in [-0.25, -0.2) is 4.68 Å². The van der Waals surface area contributed by atoms with Crippen molar-refractivity contribution < 1.29 is 0 Å². The zero-order valence-corrected chi connectivity index (χ0v) is 14.7. The van der Waals surface area contributed by atoms with Crippen LogP contribution < -0.4 is 0 Å². The minimum atomic E-state index is 0.175. The molecule has 0 saturated carbocycles. The van der Waals surface area contributed by atoms with Crippen LogP contribution in [-0.4, -0.2) is 35.8 Å². The van der Waals surface area contributed by atoms with E-state index in [0.29, 0.717) is 0 Å². The van der Waals surface area contributed by atoms with Crippen LogP contribution in [0, 0.1) is 5.41 Å². The Morgan fingerprint density at radius 1 is 1.21 bits per heavy atom. The van der Waals surface area contributed by atoms with Crippen LogP contribution in [-0.2, 0) is 19.5 Å². The maximum absolute atomic E-state index is 4.65. The molecule has 0 N–H and O–H groups in total. The van der Waals surface area contributed by atoms with Crippen molar-refractivity contribution in [3.05, 3.63) is 53.1 Å². The first-order chi connectivity index (χ1) is 11.6. The Morgan fingerprint density at radius 2 is 2.04 bits per heavy atom. The second-order valence-electron chi connectivity index (χ2n) is 7.10. The van der Waals surface area contributed by atoms with Crippen molar-refractivity contribution in [3.63, 3.8) is 0 Å². The molecule has 1 aliphatic heterocycles. The Kier molecular flexibility index (Phi) is 3.90. The van der Waals surface area contributed by atoms with Gasteiger partial charge in [-0.15, -0.1) is 5.10 Å². The number of hydrogen-bond donors (Lipinski definition) is 0. The second-order valence-corrected chi connectivity index (χ2v) is 7.97. The van der Waals surface area contributed by atoms with Gasteiger partial charge in [0.05, 0.1) is 23.0 Å². The maximum atomic E-state index is 4.65. The lowest BCUT2D eigenvalue weighted by Crippen LogP contribution is -2.32. The van der Waals surface area contributed by atoms with Gasteiger partial charge in [-0.3, -0.25) is 9.88 Å². The lowest BCUT2D eigenvalue weighted by molar-refractivity contribution is 0.174. The quantitative estimate of drug-likeness (QED) is 0.734. The first-order valence-electron chi connectivity index (χ1n) is 8.05. The number of hydrogen-bond acceptors (Lipinski definition) is 6. The summed E-state index contributed by atoms with van der Waals surface area (Å²) in [5.74, 6) is 0. The summed E-state index contributed by atoms with van der Waals surface area (Å²) in [5, 5.41) is 8.60. The highest BCUT2D eigenvalue weighted by molar-refractivity contribution is 7.05. The molecule has 0 amide bonds. The molecule has 24 heavy (non-hydrogen) atoms. The predicted molar refractivity (Wildman–Crippen MR) is 92.9 cm³/mol. The monoisotopic (exact) mass is 340 g/mol. The van der Waals surface area contributed by atoms with Gasteiger partial charge in [0.1, 0.15) is 0 Å². The van der Waals surface area contributed by atoms with Crippen LogP contribution in [0.15, 0.2) is 36.9 Å². The molecule has 0 bridgehead atoms. The van der Waals surface area contributed by atoms with E-state index in [4.69, 9.17) is 0 Å². The Morgan fingerprint density at radius 3 is 2.79 bits per heavy atom. The third-order valence-electron chi connectivity index (χ3n) is 4.34. The van der Waals surface area contributed by atoms with E-state index in [0.717, 1.165) is 31.7 Å². The Bertz CT molecular complexity index is 809. The zero-order chi connectivity index (χ0) is 16.6. The molecule has 0 unspecified atom stereocenters. The van der Waals surface area contributed by atoms with Crippen molar-refractivity contribution in [3.8, 4) is 5.69 Å². The Labute approximate surface area is 145 Å². The number of pyridine rings is 1. The van der Waals surface area contributed by atoms with E-state index >= 15 is 0 Å². The van der Waals surface area contributed by atoms with Gasteiger partial charge in [0.15, 0.2) is 0 Å². The molecule has 3 aromatic rings. The van der Waals surface area contributed by atoms with E-state index in [1.54, 1.807) is 0 Å². The van der Waals surface area contributed by atoms with Gasteiger partial charge in [0.2, 0.25) is 0 Å². The molecule has 0 atom stereocenters. The van der Waals surface area contributed by atoms with E-state index in [-0.39, 0.29) is 5.41 Å². The van der Waals surface area contributed by atoms with Crippen LogP contribution in [0.3, 0.4) is 0 Å². The van der Waals surface area contributed by atoms with E-state index in [1.807, 2.05) is 36.9 Å². The standard InChI is InChI=1S/C17H20N6S/c1-17(2)7-16-13(8-20-23(16)14-3-5-18-6-4-14)10-22(12-17)11-15-9-19-21-24-15/h3-6,8-9H,7,10-12H2,1-2H3. The molecule has 0 aromatic carbocycles. The molecule has 0 aliphatic carbocycles. The van der Waals surface area contributed by atoms with Gasteiger partial charge < -0.3 is 0 Å². The van der Waals surface area contributed by atoms with Crippen LogP contribution in [0.2, 0.25) is 0 Å². The Hall–Kier alpha value is -2.12. The van der Waals surface area contributed by atoms with Gasteiger partial charge in [-0.1, -0.05) is 18.3 Å². The van der Waals surface area contributed by atoms with E-state index in [9.17, 15) is 0 Å². The fourth-order valence-corrected chi connectivity index (χ4v) is 3.97. The number of aromatic nitrogens is 5. The van der Waals surface area contributed by atoms with Crippen LogP contribution in [0.4, 0.5) is 0 Å². The van der Waals surface area contributed by atoms with Crippen molar-refractivity contribution in [1.29, 1.82) is 0 Å². The molecular formula is C17H20N6S. The van der Waals surface area contributed by atoms with E-state index < -0.39 is 0 Å². The highest BCUT2D eigenvalue weighted by Crippen LogP contribution is 2.32. The van der Waals surface area contributed by atoms with Crippen molar-refractivity contribution >= 4 is 11.5 Å². The fourth-order valence-electron chi connectivity index (χ4n) is 3.44. The maximum Gasteiger partial charge on any atom is 0.0679 e. The predicted octanol–water partition coefficient (Wildman–Crippen LogP) is 2.70. The summed E-state index contributed by atoms with van der Waals surface area (Å²) in [5.41, 5.74) is 3.85. The summed E-state index contributed by atoms with van der Waals surface area (Å²) in [7, 11) is 0. The summed E-state index contributed by atoms with van der Waals surface area (Å²) >= 11 is 1.48. The van der Waals surface area contributed by atoms with Gasteiger partial charge in [0, 0.05) is 43.3 Å². The average molecular weight is 340 g/mol. The summed E-state index contributed by atoms with van der Waals surface area (Å²) in [4.78, 5) is 7.78. The molecule has 4 heterocycles. The third-order valence-corrected chi connectivity index (χ3v) is 4.99. The number of fused-ring (bicyclic) bond motifs is 1. The number of rotatable bonds is 3. The second kappa shape index (κ2) is 6.07. The lowest BCUT2D eigenvalue weighted by atomic mass is 9.87. The highest BCUT2D eigenvalue weighted by Gasteiger charge is 2.30. The summed E-state index contributed by atoms with van der Waals surface area (Å²) in [6, 6.07) is 4.01. The summed E-state index contributed by atoms with van der Waals surface area (Å²) in [6.07, 6.45) is 8.50. The van der Waals surface area contributed by atoms with Crippen molar-refractivity contribution in [1.82, 2.24) is 29.3 Å². The highest BCUT2D eigenvalue weighted by atomic mass is 32.1. The fraction of sp³-hybridized carbons (Fsp3) is 0.412. The molecule has 4 rings (SSSR count). The van der Waals surface area contributed by atoms with Gasteiger partial charge in [-0.2, -0.15) is 5.10 Å². The van der Waals surface area contributed by atoms with Crippen LogP contribution in [0.5, 0.6) is 0 Å². The molecule has 0 fully saturated rings. The van der Waals surface area contributed by atoms with E-state index in [2.05, 4.69) is 43.1 Å². The zero-order valence-electron chi connectivity index (χ0n) is 13.9. The largest absolute Gasteiger partial charge is 0.293 e. The lowest BCUT2D eigenvalue weighted by Gasteiger charge is -2.29. The minimum Gasteiger partial charge on any atom is -0.293 e. The van der Waals surface area contributed by atoms with Crippen molar-refractivity contribution in [2.75, 3.05) is 6.54 Å². The first kappa shape index (κ1) is 15.4. The SMILES string of the molecule is CC1(C)Cc2c(cnn2-c2ccncc2)CN(Cc2cnns2)C1. The van der Waals surface area contributed by atoms with E-state index in [1.165, 1.54) is 27.7 Å². The summed E-state index contributed by atoms with van der Waals surface area (Å²) < 4.78 is 6.04. The number of nitrogens with zero attached hydrogens (tertiary/aromatic N) is 6.